The van der Waals surface area contributed by atoms with Crippen LogP contribution >= 0.6 is 15.9 Å². The molecule has 0 aliphatic carbocycles. The smallest absolute Gasteiger partial charge is 0.327 e. The van der Waals surface area contributed by atoms with E-state index in [2.05, 4.69) is 15.9 Å². The number of carbonyl (C=O) groups is 1. The van der Waals surface area contributed by atoms with E-state index in [0.29, 0.717) is 0 Å². The molecule has 0 aliphatic rings. The van der Waals surface area contributed by atoms with Gasteiger partial charge in [0.1, 0.15) is 0 Å². The van der Waals surface area contributed by atoms with Crippen molar-refractivity contribution < 1.29 is 20.1 Å². The summed E-state index contributed by atoms with van der Waals surface area (Å²) in [6.07, 6.45) is 1.19. The Morgan fingerprint density at radius 3 is 2.45 bits per heavy atom. The highest BCUT2D eigenvalue weighted by atomic mass is 79.9. The Kier molecular flexibility index (Phi) is 6.91. The van der Waals surface area contributed by atoms with E-state index < -0.39 is 18.2 Å². The van der Waals surface area contributed by atoms with Gasteiger partial charge in [-0.2, -0.15) is 0 Å². The van der Waals surface area contributed by atoms with Crippen LogP contribution in [-0.2, 0) is 4.79 Å². The highest BCUT2D eigenvalue weighted by molar-refractivity contribution is 9.09. The van der Waals surface area contributed by atoms with Crippen LogP contribution in [-0.4, -0.2) is 32.2 Å². The van der Waals surface area contributed by atoms with Crippen LogP contribution < -0.4 is 0 Å². The molecule has 0 amide bonds. The predicted molar refractivity (Wildman–Crippen MR) is 80.7 cm³/mol. The lowest BCUT2D eigenvalue weighted by molar-refractivity contribution is -0.131. The molecule has 0 aromatic heterocycles. The van der Waals surface area contributed by atoms with Gasteiger partial charge in [-0.05, 0) is 17.9 Å². The van der Waals surface area contributed by atoms with Crippen molar-refractivity contribution in [1.82, 2.24) is 0 Å². The second-order valence-electron chi connectivity index (χ2n) is 4.70. The normalized spacial score (nSPS) is 17.6. The summed E-state index contributed by atoms with van der Waals surface area (Å²) in [4.78, 5) is 10.0. The van der Waals surface area contributed by atoms with E-state index in [0.717, 1.165) is 11.6 Å². The fraction of sp³-hybridized carbons (Fsp3) is 0.400. The number of carboxylic acids is 1. The van der Waals surface area contributed by atoms with Crippen molar-refractivity contribution in [3.8, 4) is 0 Å². The van der Waals surface area contributed by atoms with Crippen LogP contribution in [0.3, 0.4) is 0 Å². The molecule has 110 valence electrons. The first-order valence-corrected chi connectivity index (χ1v) is 7.29. The van der Waals surface area contributed by atoms with Crippen LogP contribution in [0, 0.1) is 5.92 Å². The maximum atomic E-state index is 10.4. The topological polar surface area (TPSA) is 77.8 Å². The molecule has 0 fully saturated rings. The van der Waals surface area contributed by atoms with Crippen molar-refractivity contribution >= 4 is 21.9 Å². The summed E-state index contributed by atoms with van der Waals surface area (Å²) in [6.45, 7) is 1.81. The maximum Gasteiger partial charge on any atom is 0.327 e. The number of hydrogen-bond donors (Lipinski definition) is 3. The summed E-state index contributed by atoms with van der Waals surface area (Å²) < 4.78 is 0. The summed E-state index contributed by atoms with van der Waals surface area (Å²) in [6, 6.07) is 9.20. The summed E-state index contributed by atoms with van der Waals surface area (Å²) in [5.74, 6) is -1.27. The van der Waals surface area contributed by atoms with E-state index in [4.69, 9.17) is 5.11 Å². The van der Waals surface area contributed by atoms with Crippen LogP contribution in [0.25, 0.3) is 0 Å². The molecule has 4 nitrogen and oxygen atoms in total. The molecule has 20 heavy (non-hydrogen) atoms. The van der Waals surface area contributed by atoms with Gasteiger partial charge in [-0.25, -0.2) is 4.79 Å². The third kappa shape index (κ3) is 5.07. The number of hydrogen-bond acceptors (Lipinski definition) is 3. The quantitative estimate of drug-likeness (QED) is 0.525. The minimum Gasteiger partial charge on any atom is -0.478 e. The zero-order chi connectivity index (χ0) is 15.1. The molecule has 4 atom stereocenters. The van der Waals surface area contributed by atoms with Gasteiger partial charge in [0, 0.05) is 10.9 Å². The molecule has 0 spiro atoms. The monoisotopic (exact) mass is 342 g/mol. The van der Waals surface area contributed by atoms with E-state index in [1.165, 1.54) is 6.08 Å². The van der Waals surface area contributed by atoms with Crippen molar-refractivity contribution in [2.75, 3.05) is 0 Å². The fourth-order valence-electron chi connectivity index (χ4n) is 1.86. The highest BCUT2D eigenvalue weighted by Crippen LogP contribution is 2.30. The number of benzene rings is 1. The zero-order valence-electron chi connectivity index (χ0n) is 11.2. The third-order valence-corrected chi connectivity index (χ3v) is 4.52. The van der Waals surface area contributed by atoms with Gasteiger partial charge in [-0.3, -0.25) is 0 Å². The average Bonchev–Trinajstić information content (AvgIpc) is 2.45. The molecule has 0 saturated heterocycles. The third-order valence-electron chi connectivity index (χ3n) is 3.19. The van der Waals surface area contributed by atoms with Crippen LogP contribution in [0.15, 0.2) is 42.5 Å². The number of alkyl halides is 1. The van der Waals surface area contributed by atoms with Gasteiger partial charge in [0.05, 0.1) is 12.2 Å². The van der Waals surface area contributed by atoms with Gasteiger partial charge in [-0.15, -0.1) is 0 Å². The summed E-state index contributed by atoms with van der Waals surface area (Å²) in [5.41, 5.74) is 0.773. The molecule has 4 unspecified atom stereocenters. The Morgan fingerprint density at radius 2 is 1.90 bits per heavy atom. The lowest BCUT2D eigenvalue weighted by Gasteiger charge is -2.27. The Labute approximate surface area is 126 Å². The van der Waals surface area contributed by atoms with E-state index in [9.17, 15) is 15.0 Å². The molecule has 1 aromatic carbocycles. The van der Waals surface area contributed by atoms with Gasteiger partial charge in [0.15, 0.2) is 0 Å². The van der Waals surface area contributed by atoms with Crippen molar-refractivity contribution in [2.45, 2.75) is 30.4 Å². The molecule has 0 saturated carbocycles. The number of rotatable bonds is 7. The SMILES string of the molecule is CC(C(O)CC=CC(=O)O)C(Br)C(O)c1ccccc1. The minimum absolute atomic E-state index is 0.233. The zero-order valence-corrected chi connectivity index (χ0v) is 12.8. The highest BCUT2D eigenvalue weighted by Gasteiger charge is 2.28. The summed E-state index contributed by atoms with van der Waals surface area (Å²) >= 11 is 3.42. The first-order chi connectivity index (χ1) is 9.43. The molecule has 3 N–H and O–H groups in total. The summed E-state index contributed by atoms with van der Waals surface area (Å²) in [5, 5.41) is 28.8. The lowest BCUT2D eigenvalue weighted by atomic mass is 9.92. The molecule has 0 radical (unpaired) electrons. The molecular weight excluding hydrogens is 324 g/mol. The number of halogens is 1. The Balaban J connectivity index is 2.61. The molecule has 1 rings (SSSR count). The fourth-order valence-corrected chi connectivity index (χ4v) is 2.51. The predicted octanol–water partition coefficient (Wildman–Crippen LogP) is 2.51. The lowest BCUT2D eigenvalue weighted by Crippen LogP contribution is -2.29. The molecule has 1 aromatic rings. The second kappa shape index (κ2) is 8.19. The molecule has 5 heteroatoms. The number of aliphatic hydroxyl groups is 2. The van der Waals surface area contributed by atoms with Crippen molar-refractivity contribution in [3.63, 3.8) is 0 Å². The van der Waals surface area contributed by atoms with E-state index in [-0.39, 0.29) is 17.2 Å². The van der Waals surface area contributed by atoms with Crippen molar-refractivity contribution in [1.29, 1.82) is 0 Å². The standard InChI is InChI=1S/C15H19BrO4/c1-10(12(17)8-5-9-13(18)19)14(16)15(20)11-6-3-2-4-7-11/h2-7,9-10,12,14-15,17,20H,8H2,1H3,(H,18,19). The molecule has 0 aliphatic heterocycles. The van der Waals surface area contributed by atoms with Crippen molar-refractivity contribution in [2.24, 2.45) is 5.92 Å². The maximum absolute atomic E-state index is 10.4. The second-order valence-corrected chi connectivity index (χ2v) is 5.76. The Hall–Kier alpha value is -1.17. The molecular formula is C15H19BrO4. The largest absolute Gasteiger partial charge is 0.478 e. The van der Waals surface area contributed by atoms with Crippen LogP contribution in [0.1, 0.15) is 25.0 Å². The van der Waals surface area contributed by atoms with Crippen molar-refractivity contribution in [3.05, 3.63) is 48.0 Å². The van der Waals surface area contributed by atoms with Gasteiger partial charge >= 0.3 is 5.97 Å². The van der Waals surface area contributed by atoms with E-state index >= 15 is 0 Å². The van der Waals surface area contributed by atoms with Crippen LogP contribution in [0.2, 0.25) is 0 Å². The average molecular weight is 343 g/mol. The van der Waals surface area contributed by atoms with Gasteiger partial charge in [0.2, 0.25) is 0 Å². The Morgan fingerprint density at radius 1 is 1.30 bits per heavy atom. The van der Waals surface area contributed by atoms with Gasteiger partial charge < -0.3 is 15.3 Å². The Bertz CT molecular complexity index is 446. The number of aliphatic hydroxyl groups excluding tert-OH is 2. The van der Waals surface area contributed by atoms with E-state index in [1.807, 2.05) is 37.3 Å². The minimum atomic E-state index is -1.04. The molecule has 0 heterocycles. The van der Waals surface area contributed by atoms with Crippen LogP contribution in [0.5, 0.6) is 0 Å². The summed E-state index contributed by atoms with van der Waals surface area (Å²) in [7, 11) is 0. The van der Waals surface area contributed by atoms with Gasteiger partial charge in [0.25, 0.3) is 0 Å². The number of carboxylic acid groups (broad SMARTS) is 1. The van der Waals surface area contributed by atoms with Gasteiger partial charge in [-0.1, -0.05) is 59.3 Å². The molecule has 0 bridgehead atoms. The number of aliphatic carboxylic acids is 1. The van der Waals surface area contributed by atoms with E-state index in [1.54, 1.807) is 0 Å². The van der Waals surface area contributed by atoms with Crippen LogP contribution in [0.4, 0.5) is 0 Å². The first-order valence-electron chi connectivity index (χ1n) is 6.38. The first kappa shape index (κ1) is 16.9.